The third-order valence-corrected chi connectivity index (χ3v) is 5.99. The summed E-state index contributed by atoms with van der Waals surface area (Å²) in [7, 11) is 2.16. The Labute approximate surface area is 191 Å². The molecule has 0 unspecified atom stereocenters. The predicted molar refractivity (Wildman–Crippen MR) is 129 cm³/mol. The van der Waals surface area contributed by atoms with Crippen molar-refractivity contribution >= 4 is 17.3 Å². The van der Waals surface area contributed by atoms with Crippen LogP contribution in [0.5, 0.6) is 5.75 Å². The van der Waals surface area contributed by atoms with Crippen molar-refractivity contribution in [1.29, 1.82) is 0 Å². The number of hydrogen-bond acceptors (Lipinski definition) is 3. The number of piperidine rings is 1. The molecule has 168 valence electrons. The standard InChI is InChI=1S/C25H34FN3OS/c1-19(2)18-30-24-10-6-20(7-11-24)16-27-25(31)29(23-12-14-28(3)15-13-23)17-21-4-8-22(26)9-5-21/h4-11,19,23H,12-18H2,1-3H3,(H,27,31). The zero-order chi connectivity index (χ0) is 22.2. The first kappa shape index (κ1) is 23.5. The summed E-state index contributed by atoms with van der Waals surface area (Å²) in [6, 6.07) is 15.3. The van der Waals surface area contributed by atoms with Crippen LogP contribution in [0.1, 0.15) is 37.8 Å². The number of halogens is 1. The summed E-state index contributed by atoms with van der Waals surface area (Å²) in [6.07, 6.45) is 2.14. The molecule has 0 atom stereocenters. The van der Waals surface area contributed by atoms with E-state index in [4.69, 9.17) is 17.0 Å². The van der Waals surface area contributed by atoms with Crippen LogP contribution in [0, 0.1) is 11.7 Å². The van der Waals surface area contributed by atoms with E-state index in [2.05, 4.69) is 48.1 Å². The van der Waals surface area contributed by atoms with Gasteiger partial charge in [0.05, 0.1) is 6.61 Å². The average molecular weight is 444 g/mol. The monoisotopic (exact) mass is 443 g/mol. The third-order valence-electron chi connectivity index (χ3n) is 5.61. The summed E-state index contributed by atoms with van der Waals surface area (Å²) in [5.41, 5.74) is 2.22. The summed E-state index contributed by atoms with van der Waals surface area (Å²) in [5, 5.41) is 4.19. The van der Waals surface area contributed by atoms with Crippen molar-refractivity contribution in [1.82, 2.24) is 15.1 Å². The van der Waals surface area contributed by atoms with Gasteiger partial charge in [0.25, 0.3) is 0 Å². The summed E-state index contributed by atoms with van der Waals surface area (Å²) >= 11 is 5.81. The molecule has 1 aliphatic rings. The fraction of sp³-hybridized carbons (Fsp3) is 0.480. The Balaban J connectivity index is 1.61. The van der Waals surface area contributed by atoms with E-state index in [0.717, 1.165) is 54.5 Å². The smallest absolute Gasteiger partial charge is 0.169 e. The van der Waals surface area contributed by atoms with Crippen molar-refractivity contribution in [2.75, 3.05) is 26.7 Å². The lowest BCUT2D eigenvalue weighted by atomic mass is 10.0. The van der Waals surface area contributed by atoms with Gasteiger partial charge in [0, 0.05) is 19.1 Å². The van der Waals surface area contributed by atoms with E-state index >= 15 is 0 Å². The molecule has 1 heterocycles. The quantitative estimate of drug-likeness (QED) is 0.590. The second-order valence-electron chi connectivity index (χ2n) is 8.80. The topological polar surface area (TPSA) is 27.7 Å². The second kappa shape index (κ2) is 11.4. The molecule has 2 aromatic rings. The van der Waals surface area contributed by atoms with Crippen LogP contribution in [-0.2, 0) is 13.1 Å². The van der Waals surface area contributed by atoms with E-state index < -0.39 is 0 Å². The Morgan fingerprint density at radius 3 is 2.32 bits per heavy atom. The Bertz CT molecular complexity index is 818. The highest BCUT2D eigenvalue weighted by atomic mass is 32.1. The highest BCUT2D eigenvalue weighted by molar-refractivity contribution is 7.80. The Hall–Kier alpha value is -2.18. The zero-order valence-corrected chi connectivity index (χ0v) is 19.6. The number of rotatable bonds is 8. The molecule has 31 heavy (non-hydrogen) atoms. The van der Waals surface area contributed by atoms with Gasteiger partial charge in [-0.2, -0.15) is 0 Å². The minimum absolute atomic E-state index is 0.212. The number of hydrogen-bond donors (Lipinski definition) is 1. The van der Waals surface area contributed by atoms with E-state index in [0.29, 0.717) is 25.0 Å². The van der Waals surface area contributed by atoms with Crippen LogP contribution in [0.4, 0.5) is 4.39 Å². The van der Waals surface area contributed by atoms with Crippen LogP contribution >= 0.6 is 12.2 Å². The maximum atomic E-state index is 13.3. The second-order valence-corrected chi connectivity index (χ2v) is 9.18. The molecule has 3 rings (SSSR count). The van der Waals surface area contributed by atoms with Gasteiger partial charge in [0.2, 0.25) is 0 Å². The molecule has 0 aliphatic carbocycles. The lowest BCUT2D eigenvalue weighted by Gasteiger charge is -2.39. The van der Waals surface area contributed by atoms with Gasteiger partial charge >= 0.3 is 0 Å². The first-order valence-corrected chi connectivity index (χ1v) is 11.5. The number of thiocarbonyl (C=S) groups is 1. The van der Waals surface area contributed by atoms with Gasteiger partial charge in [-0.3, -0.25) is 0 Å². The highest BCUT2D eigenvalue weighted by Crippen LogP contribution is 2.20. The molecular formula is C25H34FN3OS. The number of likely N-dealkylation sites (tertiary alicyclic amines) is 1. The molecule has 0 radical (unpaired) electrons. The van der Waals surface area contributed by atoms with Crippen LogP contribution in [0.3, 0.4) is 0 Å². The summed E-state index contributed by atoms with van der Waals surface area (Å²) in [4.78, 5) is 4.63. The van der Waals surface area contributed by atoms with Gasteiger partial charge in [0.15, 0.2) is 5.11 Å². The molecule has 0 amide bonds. The van der Waals surface area contributed by atoms with Crippen LogP contribution in [0.15, 0.2) is 48.5 Å². The molecule has 6 heteroatoms. The predicted octanol–water partition coefficient (Wildman–Crippen LogP) is 4.83. The highest BCUT2D eigenvalue weighted by Gasteiger charge is 2.25. The van der Waals surface area contributed by atoms with E-state index in [1.54, 1.807) is 0 Å². The van der Waals surface area contributed by atoms with Gasteiger partial charge in [0.1, 0.15) is 11.6 Å². The van der Waals surface area contributed by atoms with E-state index in [9.17, 15) is 4.39 Å². The first-order chi connectivity index (χ1) is 14.9. The molecule has 0 spiro atoms. The lowest BCUT2D eigenvalue weighted by molar-refractivity contribution is 0.171. The Morgan fingerprint density at radius 2 is 1.71 bits per heavy atom. The molecule has 0 aromatic heterocycles. The largest absolute Gasteiger partial charge is 0.493 e. The fourth-order valence-corrected chi connectivity index (χ4v) is 3.99. The maximum absolute atomic E-state index is 13.3. The SMILES string of the molecule is CC(C)COc1ccc(CNC(=S)N(Cc2ccc(F)cc2)C2CCN(C)CC2)cc1. The molecule has 1 saturated heterocycles. The normalized spacial score (nSPS) is 15.1. The minimum Gasteiger partial charge on any atom is -0.493 e. The van der Waals surface area contributed by atoms with E-state index in [1.165, 1.54) is 12.1 Å². The van der Waals surface area contributed by atoms with Crippen molar-refractivity contribution in [3.05, 3.63) is 65.5 Å². The van der Waals surface area contributed by atoms with Crippen molar-refractivity contribution in [2.24, 2.45) is 5.92 Å². The molecule has 1 N–H and O–H groups in total. The van der Waals surface area contributed by atoms with Gasteiger partial charge in [-0.05, 0) is 86.5 Å². The fourth-order valence-electron chi connectivity index (χ4n) is 3.71. The van der Waals surface area contributed by atoms with Crippen molar-refractivity contribution in [3.63, 3.8) is 0 Å². The van der Waals surface area contributed by atoms with Crippen molar-refractivity contribution in [3.8, 4) is 5.75 Å². The Kier molecular flexibility index (Phi) is 8.67. The summed E-state index contributed by atoms with van der Waals surface area (Å²) in [6.45, 7) is 8.47. The molecule has 1 fully saturated rings. The average Bonchev–Trinajstić information content (AvgIpc) is 2.77. The Morgan fingerprint density at radius 1 is 1.10 bits per heavy atom. The summed E-state index contributed by atoms with van der Waals surface area (Å²) < 4.78 is 19.1. The number of ether oxygens (including phenoxy) is 1. The van der Waals surface area contributed by atoms with Crippen molar-refractivity contribution in [2.45, 2.75) is 45.8 Å². The van der Waals surface area contributed by atoms with E-state index in [-0.39, 0.29) is 5.82 Å². The van der Waals surface area contributed by atoms with Gasteiger partial charge in [-0.15, -0.1) is 0 Å². The van der Waals surface area contributed by atoms with Gasteiger partial charge < -0.3 is 19.9 Å². The minimum atomic E-state index is -0.212. The van der Waals surface area contributed by atoms with Crippen LogP contribution in [-0.4, -0.2) is 47.7 Å². The van der Waals surface area contributed by atoms with Crippen molar-refractivity contribution < 1.29 is 9.13 Å². The van der Waals surface area contributed by atoms with Crippen LogP contribution in [0.25, 0.3) is 0 Å². The molecule has 4 nitrogen and oxygen atoms in total. The van der Waals surface area contributed by atoms with E-state index in [1.807, 2.05) is 24.3 Å². The molecule has 1 aliphatic heterocycles. The first-order valence-electron chi connectivity index (χ1n) is 11.1. The molecule has 2 aromatic carbocycles. The number of benzene rings is 2. The van der Waals surface area contributed by atoms with Gasteiger partial charge in [-0.1, -0.05) is 38.1 Å². The maximum Gasteiger partial charge on any atom is 0.169 e. The van der Waals surface area contributed by atoms with Gasteiger partial charge in [-0.25, -0.2) is 4.39 Å². The molecule has 0 bridgehead atoms. The number of nitrogens with one attached hydrogen (secondary N) is 1. The molecular weight excluding hydrogens is 409 g/mol. The van der Waals surface area contributed by atoms with Crippen LogP contribution < -0.4 is 10.1 Å². The zero-order valence-electron chi connectivity index (χ0n) is 18.8. The lowest BCUT2D eigenvalue weighted by Crippen LogP contribution is -2.49. The van der Waals surface area contributed by atoms with Crippen LogP contribution in [0.2, 0.25) is 0 Å². The molecule has 0 saturated carbocycles. The summed E-state index contributed by atoms with van der Waals surface area (Å²) in [5.74, 6) is 1.19. The number of nitrogens with zero attached hydrogens (tertiary/aromatic N) is 2. The third kappa shape index (κ3) is 7.47.